The summed E-state index contributed by atoms with van der Waals surface area (Å²) >= 11 is 0. The first-order chi connectivity index (χ1) is 11.2. The van der Waals surface area contributed by atoms with Gasteiger partial charge in [0.2, 0.25) is 0 Å². The van der Waals surface area contributed by atoms with Crippen LogP contribution in [-0.2, 0) is 0 Å². The molecule has 0 unspecified atom stereocenters. The molecule has 0 aliphatic carbocycles. The van der Waals surface area contributed by atoms with E-state index in [0.29, 0.717) is 0 Å². The van der Waals surface area contributed by atoms with E-state index in [2.05, 4.69) is 86.8 Å². The van der Waals surface area contributed by atoms with Crippen molar-refractivity contribution in [2.45, 2.75) is 6.92 Å². The molecule has 0 spiro atoms. The number of hydrogen-bond donors (Lipinski definition) is 0. The molecule has 0 aliphatic heterocycles. The number of rotatable bonds is 4. The molecule has 0 heteroatoms. The Kier molecular flexibility index (Phi) is 4.25. The molecule has 0 radical (unpaired) electrons. The van der Waals surface area contributed by atoms with Crippen molar-refractivity contribution in [3.8, 4) is 22.3 Å². The molecular weight excluding hydrogens is 276 g/mol. The van der Waals surface area contributed by atoms with Crippen LogP contribution in [0.1, 0.15) is 16.7 Å². The van der Waals surface area contributed by atoms with Crippen LogP contribution in [0.2, 0.25) is 0 Å². The molecule has 0 amide bonds. The van der Waals surface area contributed by atoms with E-state index in [4.69, 9.17) is 0 Å². The van der Waals surface area contributed by atoms with Crippen molar-refractivity contribution in [3.05, 3.63) is 96.6 Å². The smallest absolute Gasteiger partial charge is 0.00761 e. The van der Waals surface area contributed by atoms with Gasteiger partial charge >= 0.3 is 0 Å². The molecule has 3 aromatic rings. The van der Waals surface area contributed by atoms with Crippen LogP contribution in [0.15, 0.2) is 79.9 Å². The van der Waals surface area contributed by atoms with Crippen molar-refractivity contribution in [1.29, 1.82) is 0 Å². The Bertz CT molecular complexity index is 834. The molecule has 0 aromatic heterocycles. The third-order valence-corrected chi connectivity index (χ3v) is 4.17. The van der Waals surface area contributed by atoms with Crippen molar-refractivity contribution < 1.29 is 0 Å². The largest absolute Gasteiger partial charge is 0.0985 e. The van der Waals surface area contributed by atoms with Gasteiger partial charge in [0.15, 0.2) is 0 Å². The minimum absolute atomic E-state index is 1.14. The summed E-state index contributed by atoms with van der Waals surface area (Å²) < 4.78 is 0. The first-order valence-corrected chi connectivity index (χ1v) is 7.78. The van der Waals surface area contributed by atoms with Crippen molar-refractivity contribution in [2.75, 3.05) is 0 Å². The van der Waals surface area contributed by atoms with Gasteiger partial charge in [-0.3, -0.25) is 0 Å². The summed E-state index contributed by atoms with van der Waals surface area (Å²) in [6.07, 6.45) is 3.74. The molecule has 0 saturated carbocycles. The normalized spacial score (nSPS) is 10.3. The average molecular weight is 296 g/mol. The predicted octanol–water partition coefficient (Wildman–Crippen LogP) is 6.62. The number of aryl methyl sites for hydroxylation is 1. The molecule has 0 aliphatic rings. The highest BCUT2D eigenvalue weighted by Crippen LogP contribution is 2.35. The fourth-order valence-corrected chi connectivity index (χ4v) is 2.88. The van der Waals surface area contributed by atoms with E-state index < -0.39 is 0 Å². The van der Waals surface area contributed by atoms with Crippen LogP contribution in [-0.4, -0.2) is 0 Å². The first-order valence-electron chi connectivity index (χ1n) is 7.78. The summed E-state index contributed by atoms with van der Waals surface area (Å²) in [6, 6.07) is 23.6. The molecule has 0 nitrogen and oxygen atoms in total. The molecule has 0 heterocycles. The van der Waals surface area contributed by atoms with Gasteiger partial charge in [0.05, 0.1) is 0 Å². The Labute approximate surface area is 138 Å². The molecule has 3 rings (SSSR count). The molecule has 0 atom stereocenters. The van der Waals surface area contributed by atoms with Gasteiger partial charge in [-0.05, 0) is 45.9 Å². The Balaban J connectivity index is 2.15. The maximum Gasteiger partial charge on any atom is -0.00761 e. The van der Waals surface area contributed by atoms with E-state index in [1.165, 1.54) is 27.8 Å². The lowest BCUT2D eigenvalue weighted by molar-refractivity contribution is 1.45. The van der Waals surface area contributed by atoms with Crippen LogP contribution >= 0.6 is 0 Å². The number of hydrogen-bond acceptors (Lipinski definition) is 0. The van der Waals surface area contributed by atoms with Crippen LogP contribution in [0, 0.1) is 6.92 Å². The summed E-state index contributed by atoms with van der Waals surface area (Å²) in [4.78, 5) is 0. The second-order valence-electron chi connectivity index (χ2n) is 5.65. The maximum atomic E-state index is 3.82. The minimum Gasteiger partial charge on any atom is -0.0985 e. The fraction of sp³-hybridized carbons (Fsp3) is 0.0435. The zero-order valence-electron chi connectivity index (χ0n) is 13.4. The average Bonchev–Trinajstić information content (AvgIpc) is 2.62. The van der Waals surface area contributed by atoms with E-state index in [0.717, 1.165) is 11.1 Å². The predicted molar refractivity (Wildman–Crippen MR) is 102 cm³/mol. The van der Waals surface area contributed by atoms with Crippen LogP contribution in [0.5, 0.6) is 0 Å². The third-order valence-electron chi connectivity index (χ3n) is 4.17. The van der Waals surface area contributed by atoms with Crippen LogP contribution in [0.4, 0.5) is 0 Å². The van der Waals surface area contributed by atoms with Gasteiger partial charge in [-0.1, -0.05) is 92.0 Å². The zero-order valence-corrected chi connectivity index (χ0v) is 13.4. The quantitative estimate of drug-likeness (QED) is 0.508. The second kappa shape index (κ2) is 6.50. The van der Waals surface area contributed by atoms with Gasteiger partial charge < -0.3 is 0 Å². The Morgan fingerprint density at radius 3 is 1.70 bits per heavy atom. The van der Waals surface area contributed by atoms with Gasteiger partial charge in [-0.2, -0.15) is 0 Å². The van der Waals surface area contributed by atoms with Crippen LogP contribution < -0.4 is 0 Å². The Hall–Kier alpha value is -2.86. The van der Waals surface area contributed by atoms with Crippen LogP contribution in [0.3, 0.4) is 0 Å². The van der Waals surface area contributed by atoms with E-state index >= 15 is 0 Å². The molecule has 112 valence electrons. The standard InChI is InChI=1S/C23H20/c1-4-18-9-13-20(14-10-18)22-8-6-7-17(3)23(22)21-15-11-19(5-2)12-16-21/h4-16H,1-2H2,3H3. The highest BCUT2D eigenvalue weighted by atomic mass is 14.1. The maximum absolute atomic E-state index is 3.82. The zero-order chi connectivity index (χ0) is 16.2. The second-order valence-corrected chi connectivity index (χ2v) is 5.65. The molecule has 0 saturated heterocycles. The van der Waals surface area contributed by atoms with Gasteiger partial charge in [0.1, 0.15) is 0 Å². The van der Waals surface area contributed by atoms with Gasteiger partial charge in [0.25, 0.3) is 0 Å². The summed E-state index contributed by atoms with van der Waals surface area (Å²) in [5.74, 6) is 0. The number of benzene rings is 3. The van der Waals surface area contributed by atoms with Gasteiger partial charge in [-0.15, -0.1) is 0 Å². The molecule has 3 aromatic carbocycles. The van der Waals surface area contributed by atoms with Crippen molar-refractivity contribution in [2.24, 2.45) is 0 Å². The third kappa shape index (κ3) is 3.02. The summed E-state index contributed by atoms with van der Waals surface area (Å²) in [6.45, 7) is 9.81. The molecule has 0 N–H and O–H groups in total. The Morgan fingerprint density at radius 2 is 1.17 bits per heavy atom. The monoisotopic (exact) mass is 296 g/mol. The Morgan fingerprint density at radius 1 is 0.652 bits per heavy atom. The van der Waals surface area contributed by atoms with Crippen molar-refractivity contribution >= 4 is 12.2 Å². The van der Waals surface area contributed by atoms with Crippen molar-refractivity contribution in [1.82, 2.24) is 0 Å². The highest BCUT2D eigenvalue weighted by molar-refractivity contribution is 5.86. The topological polar surface area (TPSA) is 0 Å². The van der Waals surface area contributed by atoms with Gasteiger partial charge in [-0.25, -0.2) is 0 Å². The lowest BCUT2D eigenvalue weighted by Crippen LogP contribution is -1.89. The molecule has 0 bridgehead atoms. The van der Waals surface area contributed by atoms with E-state index in [1.807, 2.05) is 12.2 Å². The summed E-state index contributed by atoms with van der Waals surface area (Å²) in [5, 5.41) is 0. The molecule has 0 fully saturated rings. The molecule has 23 heavy (non-hydrogen) atoms. The highest BCUT2D eigenvalue weighted by Gasteiger charge is 2.10. The fourth-order valence-electron chi connectivity index (χ4n) is 2.88. The van der Waals surface area contributed by atoms with E-state index in [1.54, 1.807) is 0 Å². The van der Waals surface area contributed by atoms with Gasteiger partial charge in [0, 0.05) is 0 Å². The lowest BCUT2D eigenvalue weighted by atomic mass is 9.90. The lowest BCUT2D eigenvalue weighted by Gasteiger charge is -2.14. The van der Waals surface area contributed by atoms with Crippen molar-refractivity contribution in [3.63, 3.8) is 0 Å². The molecular formula is C23H20. The van der Waals surface area contributed by atoms with Crippen LogP contribution in [0.25, 0.3) is 34.4 Å². The summed E-state index contributed by atoms with van der Waals surface area (Å²) in [7, 11) is 0. The first kappa shape index (κ1) is 15.1. The minimum atomic E-state index is 1.14. The van der Waals surface area contributed by atoms with E-state index in [-0.39, 0.29) is 0 Å². The van der Waals surface area contributed by atoms with E-state index in [9.17, 15) is 0 Å². The SMILES string of the molecule is C=Cc1ccc(-c2cccc(C)c2-c2ccc(C=C)cc2)cc1. The summed E-state index contributed by atoms with van der Waals surface area (Å²) in [5.41, 5.74) is 8.55.